The van der Waals surface area contributed by atoms with Gasteiger partial charge in [0, 0.05) is 25.7 Å². The molecule has 3 aromatic rings. The summed E-state index contributed by atoms with van der Waals surface area (Å²) in [6.07, 6.45) is 0. The molecule has 9 heteroatoms. The Morgan fingerprint density at radius 2 is 2.03 bits per heavy atom. The van der Waals surface area contributed by atoms with Crippen LogP contribution in [-0.2, 0) is 22.6 Å². The third-order valence-corrected chi connectivity index (χ3v) is 5.90. The van der Waals surface area contributed by atoms with Crippen LogP contribution in [0.5, 0.6) is 5.75 Å². The number of hydrogen-bond donors (Lipinski definition) is 0. The first-order chi connectivity index (χ1) is 14.9. The van der Waals surface area contributed by atoms with Crippen molar-refractivity contribution in [3.63, 3.8) is 0 Å². The van der Waals surface area contributed by atoms with Crippen LogP contribution in [-0.4, -0.2) is 54.0 Å². The predicted octanol–water partition coefficient (Wildman–Crippen LogP) is 3.46. The number of rotatable bonds is 9. The minimum Gasteiger partial charge on any atom is -0.497 e. The minimum absolute atomic E-state index is 0.0773. The van der Waals surface area contributed by atoms with Crippen LogP contribution < -0.4 is 10.3 Å². The molecule has 0 bridgehead atoms. The van der Waals surface area contributed by atoms with Crippen LogP contribution in [0.1, 0.15) is 5.56 Å². The molecule has 0 saturated heterocycles. The van der Waals surface area contributed by atoms with Crippen LogP contribution in [0.25, 0.3) is 10.9 Å². The molecule has 7 nitrogen and oxygen atoms in total. The molecule has 3 rings (SSSR count). The zero-order valence-electron chi connectivity index (χ0n) is 17.6. The summed E-state index contributed by atoms with van der Waals surface area (Å²) in [5.74, 6) is 0.812. The molecule has 0 fully saturated rings. The summed E-state index contributed by atoms with van der Waals surface area (Å²) in [5, 5.41) is 1.44. The Morgan fingerprint density at radius 3 is 2.77 bits per heavy atom. The molecule has 0 aliphatic rings. The molecular weight excluding hydrogens is 438 g/mol. The highest BCUT2D eigenvalue weighted by Gasteiger charge is 2.16. The topological polar surface area (TPSA) is 73.7 Å². The van der Waals surface area contributed by atoms with E-state index in [1.54, 1.807) is 48.9 Å². The van der Waals surface area contributed by atoms with Crippen molar-refractivity contribution in [1.29, 1.82) is 0 Å². The average molecular weight is 462 g/mol. The highest BCUT2D eigenvalue weighted by molar-refractivity contribution is 7.99. The van der Waals surface area contributed by atoms with Gasteiger partial charge >= 0.3 is 0 Å². The number of amides is 1. The molecule has 0 atom stereocenters. The van der Waals surface area contributed by atoms with Crippen molar-refractivity contribution in [1.82, 2.24) is 14.5 Å². The summed E-state index contributed by atoms with van der Waals surface area (Å²) in [7, 11) is 4.93. The number of ether oxygens (including phenoxy) is 2. The monoisotopic (exact) mass is 461 g/mol. The largest absolute Gasteiger partial charge is 0.497 e. The van der Waals surface area contributed by atoms with E-state index in [9.17, 15) is 9.59 Å². The SMILES string of the molecule is COCCn1c(SCC(=O)N(C)Cc2cccc(OC)c2)nc2cc(Cl)ccc2c1=O. The Hall–Kier alpha value is -2.55. The smallest absolute Gasteiger partial charge is 0.262 e. The lowest BCUT2D eigenvalue weighted by Crippen LogP contribution is -2.29. The zero-order valence-corrected chi connectivity index (χ0v) is 19.2. The van der Waals surface area contributed by atoms with E-state index in [0.717, 1.165) is 11.3 Å². The molecule has 31 heavy (non-hydrogen) atoms. The normalized spacial score (nSPS) is 11.0. The van der Waals surface area contributed by atoms with Gasteiger partial charge in [0.25, 0.3) is 5.56 Å². The molecule has 2 aromatic carbocycles. The highest BCUT2D eigenvalue weighted by Crippen LogP contribution is 2.21. The van der Waals surface area contributed by atoms with Crippen molar-refractivity contribution in [2.45, 2.75) is 18.2 Å². The minimum atomic E-state index is -0.182. The number of carbonyl (C=O) groups excluding carboxylic acids is 1. The van der Waals surface area contributed by atoms with E-state index in [4.69, 9.17) is 21.1 Å². The molecule has 0 aliphatic carbocycles. The molecule has 1 aromatic heterocycles. The molecule has 0 spiro atoms. The summed E-state index contributed by atoms with van der Waals surface area (Å²) in [6.45, 7) is 1.16. The van der Waals surface area contributed by atoms with E-state index in [0.29, 0.717) is 40.8 Å². The Kier molecular flexibility index (Phi) is 7.95. The predicted molar refractivity (Wildman–Crippen MR) is 123 cm³/mol. The second-order valence-corrected chi connectivity index (χ2v) is 8.27. The van der Waals surface area contributed by atoms with Gasteiger partial charge in [0.15, 0.2) is 5.16 Å². The van der Waals surface area contributed by atoms with E-state index in [1.807, 2.05) is 24.3 Å². The lowest BCUT2D eigenvalue weighted by molar-refractivity contribution is -0.127. The van der Waals surface area contributed by atoms with Crippen molar-refractivity contribution in [3.05, 3.63) is 63.4 Å². The summed E-state index contributed by atoms with van der Waals surface area (Å²) in [6, 6.07) is 12.6. The molecule has 1 heterocycles. The molecule has 1 amide bonds. The second-order valence-electron chi connectivity index (χ2n) is 6.90. The third-order valence-electron chi connectivity index (χ3n) is 4.71. The van der Waals surface area contributed by atoms with Gasteiger partial charge in [-0.1, -0.05) is 35.5 Å². The van der Waals surface area contributed by atoms with Gasteiger partial charge in [0.05, 0.1) is 36.9 Å². The van der Waals surface area contributed by atoms with Crippen molar-refractivity contribution in [2.24, 2.45) is 0 Å². The molecule has 164 valence electrons. The van der Waals surface area contributed by atoms with Crippen LogP contribution in [0.15, 0.2) is 52.4 Å². The molecule has 0 N–H and O–H groups in total. The first-order valence-corrected chi connectivity index (χ1v) is 11.0. The quantitative estimate of drug-likeness (QED) is 0.359. The summed E-state index contributed by atoms with van der Waals surface area (Å²) < 4.78 is 11.9. The van der Waals surface area contributed by atoms with Gasteiger partial charge in [-0.2, -0.15) is 0 Å². The lowest BCUT2D eigenvalue weighted by Gasteiger charge is -2.18. The van der Waals surface area contributed by atoms with Gasteiger partial charge in [-0.25, -0.2) is 4.98 Å². The van der Waals surface area contributed by atoms with E-state index < -0.39 is 0 Å². The van der Waals surface area contributed by atoms with Crippen molar-refractivity contribution in [3.8, 4) is 5.75 Å². The van der Waals surface area contributed by atoms with Crippen molar-refractivity contribution in [2.75, 3.05) is 33.6 Å². The first kappa shape index (κ1) is 23.1. The second kappa shape index (κ2) is 10.7. The van der Waals surface area contributed by atoms with Crippen molar-refractivity contribution < 1.29 is 14.3 Å². The van der Waals surface area contributed by atoms with E-state index in [2.05, 4.69) is 4.98 Å². The van der Waals surface area contributed by atoms with E-state index in [-0.39, 0.29) is 17.2 Å². The third kappa shape index (κ3) is 5.78. The number of nitrogens with zero attached hydrogens (tertiary/aromatic N) is 3. The van der Waals surface area contributed by atoms with Crippen molar-refractivity contribution >= 4 is 40.2 Å². The number of methoxy groups -OCH3 is 2. The van der Waals surface area contributed by atoms with Crippen LogP contribution in [0.2, 0.25) is 5.02 Å². The first-order valence-electron chi connectivity index (χ1n) is 9.61. The van der Waals surface area contributed by atoms with Crippen LogP contribution >= 0.6 is 23.4 Å². The van der Waals surface area contributed by atoms with Gasteiger partial charge in [-0.15, -0.1) is 0 Å². The number of benzene rings is 2. The number of halogens is 1. The zero-order chi connectivity index (χ0) is 22.4. The van der Waals surface area contributed by atoms with E-state index >= 15 is 0 Å². The van der Waals surface area contributed by atoms with E-state index in [1.165, 1.54) is 11.8 Å². The summed E-state index contributed by atoms with van der Waals surface area (Å²) in [4.78, 5) is 31.9. The summed E-state index contributed by atoms with van der Waals surface area (Å²) >= 11 is 7.29. The molecular formula is C22H24ClN3O4S. The number of aromatic nitrogens is 2. The Labute approximate surface area is 189 Å². The maximum Gasteiger partial charge on any atom is 0.262 e. The van der Waals surface area contributed by atoms with Crippen LogP contribution in [0, 0.1) is 0 Å². The van der Waals surface area contributed by atoms with Crippen LogP contribution in [0.4, 0.5) is 0 Å². The average Bonchev–Trinajstić information content (AvgIpc) is 2.76. The van der Waals surface area contributed by atoms with Gasteiger partial charge < -0.3 is 14.4 Å². The Balaban J connectivity index is 1.78. The molecule has 0 aliphatic heterocycles. The maximum atomic E-state index is 13.0. The number of hydrogen-bond acceptors (Lipinski definition) is 6. The van der Waals surface area contributed by atoms with Gasteiger partial charge in [-0.05, 0) is 35.9 Å². The van der Waals surface area contributed by atoms with Gasteiger partial charge in [0.1, 0.15) is 5.75 Å². The highest BCUT2D eigenvalue weighted by atomic mass is 35.5. The molecule has 0 unspecified atom stereocenters. The summed E-state index contributed by atoms with van der Waals surface area (Å²) in [5.41, 5.74) is 1.29. The lowest BCUT2D eigenvalue weighted by atomic mass is 10.2. The van der Waals surface area contributed by atoms with Crippen LogP contribution in [0.3, 0.4) is 0 Å². The maximum absolute atomic E-state index is 13.0. The van der Waals surface area contributed by atoms with Gasteiger partial charge in [-0.3, -0.25) is 14.2 Å². The fraction of sp³-hybridized carbons (Fsp3) is 0.318. The van der Waals surface area contributed by atoms with Gasteiger partial charge in [0.2, 0.25) is 5.91 Å². The fourth-order valence-electron chi connectivity index (χ4n) is 3.03. The number of thioether (sulfide) groups is 1. The fourth-order valence-corrected chi connectivity index (χ4v) is 4.17. The number of fused-ring (bicyclic) bond motifs is 1. The number of carbonyl (C=O) groups is 1. The Bertz CT molecular complexity index is 1140. The molecule has 0 saturated carbocycles. The standard InChI is InChI=1S/C22H24ClN3O4S/c1-25(13-15-5-4-6-17(11-15)30-3)20(27)14-31-22-24-19-12-16(23)7-8-18(19)21(28)26(22)9-10-29-2/h4-8,11-12H,9-10,13-14H2,1-3H3. The molecule has 0 radical (unpaired) electrons. The Morgan fingerprint density at radius 1 is 1.23 bits per heavy atom.